The fourth-order valence-electron chi connectivity index (χ4n) is 4.52. The van der Waals surface area contributed by atoms with Crippen LogP contribution in [0.1, 0.15) is 32.6 Å². The van der Waals surface area contributed by atoms with Gasteiger partial charge < -0.3 is 18.6 Å². The van der Waals surface area contributed by atoms with Crippen molar-refractivity contribution in [2.45, 2.75) is 24.3 Å². The maximum absolute atomic E-state index is 13.6. The standard InChI is InChI=1S/C22H20F3N5O6S/c1-10-26-27-21(36-10)22(32)30-6-12-9-35-20-17(37(33,34)28-15(12)7-30)8-29(2)19(20)16(31)5-11-3-13(23)18(25)14(24)4-11/h3-4,8,12,15,28H,5-7,9H2,1-2H3. The third-order valence-corrected chi connectivity index (χ3v) is 7.73. The van der Waals surface area contributed by atoms with Crippen LogP contribution in [0.15, 0.2) is 27.6 Å². The van der Waals surface area contributed by atoms with E-state index in [0.29, 0.717) is 12.1 Å². The minimum absolute atomic E-state index is 0.0309. The average Bonchev–Trinajstić information content (AvgIpc) is 3.51. The number of Topliss-reactive ketones (excluding diaryl/α,β-unsaturated/α-hetero) is 1. The summed E-state index contributed by atoms with van der Waals surface area (Å²) >= 11 is 0. The number of aryl methyl sites for hydroxylation is 2. The van der Waals surface area contributed by atoms with E-state index in [4.69, 9.17) is 9.15 Å². The van der Waals surface area contributed by atoms with Gasteiger partial charge >= 0.3 is 11.8 Å². The van der Waals surface area contributed by atoms with Crippen LogP contribution >= 0.6 is 0 Å². The first kappa shape index (κ1) is 25.0. The Kier molecular flexibility index (Phi) is 6.06. The number of benzene rings is 1. The van der Waals surface area contributed by atoms with E-state index in [-0.39, 0.29) is 53.4 Å². The number of ether oxygens (including phenoxy) is 1. The Morgan fingerprint density at radius 3 is 2.51 bits per heavy atom. The van der Waals surface area contributed by atoms with Crippen molar-refractivity contribution in [3.63, 3.8) is 0 Å². The van der Waals surface area contributed by atoms with Crippen molar-refractivity contribution in [1.82, 2.24) is 24.4 Å². The zero-order chi connectivity index (χ0) is 26.6. The quantitative estimate of drug-likeness (QED) is 0.388. The number of sulfonamides is 1. The van der Waals surface area contributed by atoms with Gasteiger partial charge in [0.1, 0.15) is 10.6 Å². The molecule has 2 aliphatic rings. The lowest BCUT2D eigenvalue weighted by molar-refractivity contribution is 0.0741. The van der Waals surface area contributed by atoms with Crippen molar-refractivity contribution >= 4 is 21.7 Å². The highest BCUT2D eigenvalue weighted by atomic mass is 32.2. The summed E-state index contributed by atoms with van der Waals surface area (Å²) in [6.07, 6.45) is 0.656. The lowest BCUT2D eigenvalue weighted by Gasteiger charge is -2.23. The average molecular weight is 539 g/mol. The zero-order valence-electron chi connectivity index (χ0n) is 19.5. The maximum atomic E-state index is 13.6. The van der Waals surface area contributed by atoms with E-state index >= 15 is 0 Å². The molecule has 0 radical (unpaired) electrons. The fraction of sp³-hybridized carbons (Fsp3) is 0.364. The molecule has 1 amide bonds. The number of carbonyl (C=O) groups excluding carboxylic acids is 2. The Morgan fingerprint density at radius 2 is 1.86 bits per heavy atom. The monoisotopic (exact) mass is 539 g/mol. The summed E-state index contributed by atoms with van der Waals surface area (Å²) < 4.78 is 81.8. The number of amides is 1. The van der Waals surface area contributed by atoms with Gasteiger partial charge in [-0.25, -0.2) is 26.3 Å². The van der Waals surface area contributed by atoms with Crippen molar-refractivity contribution in [3.8, 4) is 5.75 Å². The second kappa shape index (κ2) is 8.99. The summed E-state index contributed by atoms with van der Waals surface area (Å²) in [4.78, 5) is 26.9. The Hall–Kier alpha value is -3.72. The smallest absolute Gasteiger partial charge is 0.311 e. The van der Waals surface area contributed by atoms with Crippen LogP contribution in [0.4, 0.5) is 13.2 Å². The molecule has 4 heterocycles. The topological polar surface area (TPSA) is 137 Å². The molecule has 15 heteroatoms. The molecule has 3 aromatic rings. The highest BCUT2D eigenvalue weighted by molar-refractivity contribution is 7.89. The molecule has 2 aromatic heterocycles. The molecule has 196 valence electrons. The Labute approximate surface area is 208 Å². The summed E-state index contributed by atoms with van der Waals surface area (Å²) in [5.41, 5.74) is -0.277. The van der Waals surface area contributed by atoms with Gasteiger partial charge in [-0.2, -0.15) is 0 Å². The maximum Gasteiger partial charge on any atom is 0.311 e. The van der Waals surface area contributed by atoms with Crippen molar-refractivity contribution in [2.75, 3.05) is 19.7 Å². The minimum Gasteiger partial charge on any atom is -0.489 e. The van der Waals surface area contributed by atoms with E-state index in [2.05, 4.69) is 14.9 Å². The Balaban J connectivity index is 1.41. The van der Waals surface area contributed by atoms with Crippen LogP contribution in [0.2, 0.25) is 0 Å². The first-order valence-corrected chi connectivity index (χ1v) is 12.5. The molecule has 1 N–H and O–H groups in total. The largest absolute Gasteiger partial charge is 0.489 e. The summed E-state index contributed by atoms with van der Waals surface area (Å²) in [7, 11) is -2.77. The summed E-state index contributed by atoms with van der Waals surface area (Å²) in [6.45, 7) is 1.64. The van der Waals surface area contributed by atoms with Crippen LogP contribution in [-0.4, -0.2) is 65.5 Å². The van der Waals surface area contributed by atoms with E-state index in [1.807, 2.05) is 0 Å². The number of aromatic nitrogens is 3. The SMILES string of the molecule is Cc1nnc(C(=O)N2CC3COc4c(cn(C)c4C(=O)Cc4cc(F)c(F)c(F)c4)S(=O)(=O)NC3C2)o1. The van der Waals surface area contributed by atoms with Crippen LogP contribution in [0.3, 0.4) is 0 Å². The molecule has 0 saturated carbocycles. The highest BCUT2D eigenvalue weighted by Gasteiger charge is 2.43. The molecule has 2 aliphatic heterocycles. The van der Waals surface area contributed by atoms with Crippen LogP contribution in [-0.2, 0) is 23.5 Å². The van der Waals surface area contributed by atoms with Crippen LogP contribution < -0.4 is 9.46 Å². The molecule has 11 nitrogen and oxygen atoms in total. The van der Waals surface area contributed by atoms with Crippen molar-refractivity contribution in [1.29, 1.82) is 0 Å². The number of halogens is 3. The second-order valence-electron chi connectivity index (χ2n) is 8.89. The number of ketones is 1. The second-order valence-corrected chi connectivity index (χ2v) is 10.6. The molecular weight excluding hydrogens is 519 g/mol. The predicted octanol–water partition coefficient (Wildman–Crippen LogP) is 1.37. The van der Waals surface area contributed by atoms with E-state index in [9.17, 15) is 31.2 Å². The molecule has 1 fully saturated rings. The first-order chi connectivity index (χ1) is 17.4. The van der Waals surface area contributed by atoms with Gasteiger partial charge in [0.25, 0.3) is 0 Å². The van der Waals surface area contributed by atoms with Crippen molar-refractivity contribution < 1.29 is 40.3 Å². The molecule has 0 bridgehead atoms. The van der Waals surface area contributed by atoms with Gasteiger partial charge in [-0.05, 0) is 17.7 Å². The molecule has 2 unspecified atom stereocenters. The molecule has 1 saturated heterocycles. The number of hydrogen-bond acceptors (Lipinski definition) is 8. The van der Waals surface area contributed by atoms with Gasteiger partial charge in [0.2, 0.25) is 15.9 Å². The third kappa shape index (κ3) is 4.48. The van der Waals surface area contributed by atoms with Crippen LogP contribution in [0.5, 0.6) is 5.75 Å². The van der Waals surface area contributed by atoms with Crippen LogP contribution in [0, 0.1) is 30.3 Å². The predicted molar refractivity (Wildman–Crippen MR) is 118 cm³/mol. The van der Waals surface area contributed by atoms with E-state index in [1.54, 1.807) is 0 Å². The van der Waals surface area contributed by atoms with Gasteiger partial charge in [0.05, 0.1) is 6.61 Å². The van der Waals surface area contributed by atoms with E-state index < -0.39 is 57.5 Å². The number of hydrogen-bond donors (Lipinski definition) is 1. The summed E-state index contributed by atoms with van der Waals surface area (Å²) in [6, 6.07) is 0.708. The first-order valence-electron chi connectivity index (χ1n) is 11.0. The molecule has 1 aromatic carbocycles. The van der Waals surface area contributed by atoms with Gasteiger partial charge in [0, 0.05) is 51.6 Å². The van der Waals surface area contributed by atoms with Gasteiger partial charge in [0.15, 0.2) is 29.0 Å². The highest BCUT2D eigenvalue weighted by Crippen LogP contribution is 2.35. The lowest BCUT2D eigenvalue weighted by Crippen LogP contribution is -2.43. The molecule has 5 rings (SSSR count). The molecule has 2 atom stereocenters. The van der Waals surface area contributed by atoms with Gasteiger partial charge in [-0.3, -0.25) is 9.59 Å². The minimum atomic E-state index is -4.20. The molecule has 0 spiro atoms. The number of nitrogens with one attached hydrogen (secondary N) is 1. The number of rotatable bonds is 4. The molecule has 37 heavy (non-hydrogen) atoms. The van der Waals surface area contributed by atoms with E-state index in [0.717, 1.165) is 0 Å². The van der Waals surface area contributed by atoms with Crippen molar-refractivity contribution in [3.05, 3.63) is 58.8 Å². The van der Waals surface area contributed by atoms with Crippen LogP contribution in [0.25, 0.3) is 0 Å². The third-order valence-electron chi connectivity index (χ3n) is 6.25. The number of likely N-dealkylation sites (tertiary alicyclic amines) is 1. The van der Waals surface area contributed by atoms with Gasteiger partial charge in [-0.15, -0.1) is 10.2 Å². The number of fused-ring (bicyclic) bond motifs is 2. The Bertz CT molecular complexity index is 1510. The number of carbonyl (C=O) groups is 2. The van der Waals surface area contributed by atoms with Gasteiger partial charge in [-0.1, -0.05) is 0 Å². The molecular formula is C22H20F3N5O6S. The zero-order valence-corrected chi connectivity index (χ0v) is 20.3. The lowest BCUT2D eigenvalue weighted by atomic mass is 10.1. The molecule has 0 aliphatic carbocycles. The fourth-order valence-corrected chi connectivity index (χ4v) is 6.01. The summed E-state index contributed by atoms with van der Waals surface area (Å²) in [5, 5.41) is 7.33. The van der Waals surface area contributed by atoms with Crippen molar-refractivity contribution in [2.24, 2.45) is 13.0 Å². The normalized spacial score (nSPS) is 20.5. The summed E-state index contributed by atoms with van der Waals surface area (Å²) in [5.74, 6) is -6.52. The van der Waals surface area contributed by atoms with E-state index in [1.165, 1.54) is 29.6 Å². The Morgan fingerprint density at radius 1 is 1.16 bits per heavy atom. The number of nitrogens with zero attached hydrogens (tertiary/aromatic N) is 4.